The lowest BCUT2D eigenvalue weighted by molar-refractivity contribution is 0.670. The average Bonchev–Trinajstić information content (AvgIpc) is 4.04. The second-order valence-electron chi connectivity index (χ2n) is 17.2. The van der Waals surface area contributed by atoms with E-state index < -0.39 is 0 Å². The Morgan fingerprint density at radius 3 is 1.82 bits per heavy atom. The van der Waals surface area contributed by atoms with Gasteiger partial charge in [0.1, 0.15) is 11.2 Å². The van der Waals surface area contributed by atoms with Gasteiger partial charge >= 0.3 is 0 Å². The normalized spacial score (nSPS) is 18.3. The second-order valence-corrected chi connectivity index (χ2v) is 18.3. The monoisotopic (exact) mass is 875 g/mol. The van der Waals surface area contributed by atoms with Crippen molar-refractivity contribution >= 4 is 85.5 Å². The predicted molar refractivity (Wildman–Crippen MR) is 287 cm³/mol. The lowest BCUT2D eigenvalue weighted by atomic mass is 9.99. The summed E-state index contributed by atoms with van der Waals surface area (Å²) in [6.45, 7) is 0. The van der Waals surface area contributed by atoms with E-state index in [9.17, 15) is 0 Å². The first-order valence-electron chi connectivity index (χ1n) is 22.8. The van der Waals surface area contributed by atoms with Gasteiger partial charge in [-0.2, -0.15) is 0 Å². The highest BCUT2D eigenvalue weighted by atomic mass is 31.1. The summed E-state index contributed by atoms with van der Waals surface area (Å²) in [7, 11) is 0.765. The van der Waals surface area contributed by atoms with E-state index in [1.54, 1.807) is 0 Å². The second kappa shape index (κ2) is 16.3. The van der Waals surface area contributed by atoms with Crippen LogP contribution >= 0.6 is 8.58 Å². The Labute approximate surface area is 389 Å². The van der Waals surface area contributed by atoms with Crippen LogP contribution in [-0.2, 0) is 0 Å². The van der Waals surface area contributed by atoms with E-state index in [2.05, 4.69) is 233 Å². The van der Waals surface area contributed by atoms with Gasteiger partial charge in [-0.3, -0.25) is 0 Å². The summed E-state index contributed by atoms with van der Waals surface area (Å²) in [6, 6.07) is 63.8. The number of aromatic nitrogens is 2. The van der Waals surface area contributed by atoms with Crippen LogP contribution in [0.2, 0.25) is 0 Å². The number of allylic oxidation sites excluding steroid dienone is 10. The SMILES string of the molecule is C1=CC2=N/C(c3cccc(-c4cccc5c4oc4ccc(-n6c7ccccc7c7cc(-c8ccc9c(c8)c8ccccc8n9-c8ccccc8)ccc76)cc45)c3)=C\C=C/C=C\C=C\C=C\2CP1. The molecule has 8 aromatic carbocycles. The Hall–Kier alpha value is -8.30. The molecule has 11 aromatic rings. The van der Waals surface area contributed by atoms with Gasteiger partial charge in [0.05, 0.1) is 33.5 Å². The molecule has 0 N–H and O–H groups in total. The zero-order chi connectivity index (χ0) is 44.3. The molecular formula is C62H42N3OP. The molecule has 1 unspecified atom stereocenters. The molecule has 4 nitrogen and oxygen atoms in total. The summed E-state index contributed by atoms with van der Waals surface area (Å²) in [5.41, 5.74) is 17.5. The molecule has 13 rings (SSSR count). The highest BCUT2D eigenvalue weighted by Gasteiger charge is 2.19. The van der Waals surface area contributed by atoms with Gasteiger partial charge < -0.3 is 13.6 Å². The van der Waals surface area contributed by atoms with Crippen molar-refractivity contribution in [2.75, 3.05) is 6.16 Å². The number of aliphatic imine (C=N–C) groups is 1. The molecule has 0 amide bonds. The molecular weight excluding hydrogens is 834 g/mol. The van der Waals surface area contributed by atoms with E-state index >= 15 is 0 Å². The molecule has 5 heteroatoms. The first-order valence-corrected chi connectivity index (χ1v) is 24.1. The van der Waals surface area contributed by atoms with Crippen LogP contribution in [0.15, 0.2) is 251 Å². The fourth-order valence-electron chi connectivity index (χ4n) is 10.1. The van der Waals surface area contributed by atoms with Crippen LogP contribution in [0.1, 0.15) is 5.56 Å². The van der Waals surface area contributed by atoms with Crippen molar-refractivity contribution in [2.24, 2.45) is 4.99 Å². The molecule has 0 radical (unpaired) electrons. The Balaban J connectivity index is 0.898. The Bertz CT molecular complexity index is 4030. The first-order chi connectivity index (χ1) is 33.2. The number of fused-ring (bicyclic) bond motifs is 10. The standard InChI is InChI=1S/C62H42N3OP/c1-2-4-9-25-55(63-56-34-35-67-40-45(56)16-6-3-1)44-18-14-17-43(36-44)48-23-15-24-51-54-39-47(30-33-61(54)66-62(48)51)65-58-27-13-11-22-50(58)53-38-42(29-32-60(53)65)41-28-31-59-52(37-41)49-21-10-12-26-57(49)64(59)46-19-7-5-8-20-46/h1-39,67H,40H2/b2-1-,3-1?,4-2?,6-3+,9-4-,16-6?,25-9?,45-16+,55-25-,63-55?,63-56-. The lowest BCUT2D eigenvalue weighted by Crippen LogP contribution is -2.05. The van der Waals surface area contributed by atoms with Crippen molar-refractivity contribution in [1.82, 2.24) is 9.13 Å². The minimum absolute atomic E-state index is 0.765. The lowest BCUT2D eigenvalue weighted by Gasteiger charge is -2.13. The molecule has 0 bridgehead atoms. The van der Waals surface area contributed by atoms with Crippen molar-refractivity contribution in [3.05, 3.63) is 248 Å². The number of nitrogens with zero attached hydrogens (tertiary/aromatic N) is 3. The minimum Gasteiger partial charge on any atom is -0.455 e. The van der Waals surface area contributed by atoms with Crippen molar-refractivity contribution < 1.29 is 4.42 Å². The third-order valence-electron chi connectivity index (χ3n) is 13.2. The van der Waals surface area contributed by atoms with Crippen LogP contribution in [0.4, 0.5) is 0 Å². The first kappa shape index (κ1) is 39.1. The predicted octanol–water partition coefficient (Wildman–Crippen LogP) is 16.7. The average molecular weight is 876 g/mol. The zero-order valence-electron chi connectivity index (χ0n) is 36.5. The number of hydrogen-bond donors (Lipinski definition) is 0. The molecule has 0 fully saturated rings. The van der Waals surface area contributed by atoms with Crippen LogP contribution in [-0.4, -0.2) is 21.0 Å². The highest BCUT2D eigenvalue weighted by Crippen LogP contribution is 2.41. The smallest absolute Gasteiger partial charge is 0.143 e. The maximum atomic E-state index is 6.79. The Morgan fingerprint density at radius 1 is 0.433 bits per heavy atom. The molecule has 2 aliphatic heterocycles. The molecule has 0 saturated heterocycles. The molecule has 0 saturated carbocycles. The molecule has 316 valence electrons. The number of rotatable bonds is 5. The van der Waals surface area contributed by atoms with Gasteiger partial charge in [0.2, 0.25) is 0 Å². The largest absolute Gasteiger partial charge is 0.455 e. The minimum atomic E-state index is 0.765. The molecule has 5 heterocycles. The summed E-state index contributed by atoms with van der Waals surface area (Å²) in [4.78, 5) is 5.25. The number of benzene rings is 8. The van der Waals surface area contributed by atoms with E-state index in [0.29, 0.717) is 0 Å². The molecule has 67 heavy (non-hydrogen) atoms. The Morgan fingerprint density at radius 2 is 1.06 bits per heavy atom. The summed E-state index contributed by atoms with van der Waals surface area (Å²) in [5, 5.41) is 7.11. The third kappa shape index (κ3) is 6.76. The number of para-hydroxylation sites is 4. The quantitative estimate of drug-likeness (QED) is 0.159. The van der Waals surface area contributed by atoms with Crippen LogP contribution < -0.4 is 0 Å². The van der Waals surface area contributed by atoms with Gasteiger partial charge in [-0.1, -0.05) is 160 Å². The van der Waals surface area contributed by atoms with Crippen molar-refractivity contribution in [3.63, 3.8) is 0 Å². The van der Waals surface area contributed by atoms with Crippen molar-refractivity contribution in [3.8, 4) is 33.6 Å². The molecule has 1 atom stereocenters. The van der Waals surface area contributed by atoms with Gasteiger partial charge in [0.15, 0.2) is 0 Å². The third-order valence-corrected chi connectivity index (χ3v) is 14.2. The van der Waals surface area contributed by atoms with Crippen LogP contribution in [0.25, 0.3) is 105 Å². The Kier molecular flexibility index (Phi) is 9.51. The zero-order valence-corrected chi connectivity index (χ0v) is 37.5. The van der Waals surface area contributed by atoms with Crippen LogP contribution in [0.3, 0.4) is 0 Å². The van der Waals surface area contributed by atoms with Crippen molar-refractivity contribution in [2.45, 2.75) is 0 Å². The van der Waals surface area contributed by atoms with Gasteiger partial charge in [-0.05, 0) is 113 Å². The summed E-state index contributed by atoms with van der Waals surface area (Å²) < 4.78 is 11.6. The summed E-state index contributed by atoms with van der Waals surface area (Å²) in [6.07, 6.45) is 19.9. The molecule has 0 aliphatic carbocycles. The van der Waals surface area contributed by atoms with Gasteiger partial charge in [-0.25, -0.2) is 4.99 Å². The summed E-state index contributed by atoms with van der Waals surface area (Å²) >= 11 is 0. The topological polar surface area (TPSA) is 35.4 Å². The molecule has 3 aromatic heterocycles. The fourth-order valence-corrected chi connectivity index (χ4v) is 11.0. The van der Waals surface area contributed by atoms with Gasteiger partial charge in [0, 0.05) is 54.8 Å². The molecule has 0 spiro atoms. The summed E-state index contributed by atoms with van der Waals surface area (Å²) in [5.74, 6) is 2.25. The van der Waals surface area contributed by atoms with E-state index in [1.165, 1.54) is 54.8 Å². The van der Waals surface area contributed by atoms with E-state index in [4.69, 9.17) is 9.41 Å². The number of furan rings is 1. The van der Waals surface area contributed by atoms with E-state index in [-0.39, 0.29) is 0 Å². The van der Waals surface area contributed by atoms with Crippen LogP contribution in [0, 0.1) is 0 Å². The fraction of sp³-hybridized carbons (Fsp3) is 0.0161. The highest BCUT2D eigenvalue weighted by molar-refractivity contribution is 7.42. The molecule has 2 aliphatic rings. The van der Waals surface area contributed by atoms with E-state index in [0.717, 1.165) is 81.7 Å². The van der Waals surface area contributed by atoms with Gasteiger partial charge in [0.25, 0.3) is 0 Å². The van der Waals surface area contributed by atoms with Crippen LogP contribution in [0.5, 0.6) is 0 Å². The maximum absolute atomic E-state index is 6.79. The van der Waals surface area contributed by atoms with Crippen molar-refractivity contribution in [1.29, 1.82) is 0 Å². The van der Waals surface area contributed by atoms with E-state index in [1.807, 2.05) is 12.2 Å². The maximum Gasteiger partial charge on any atom is 0.143 e. The van der Waals surface area contributed by atoms with Gasteiger partial charge in [-0.15, -0.1) is 0 Å². The number of hydrogen-bond acceptors (Lipinski definition) is 2.